The fraction of sp³-hybridized carbons (Fsp3) is 0.300. The number of nitrogens with zero attached hydrogens (tertiary/aromatic N) is 1. The Morgan fingerprint density at radius 2 is 1.93 bits per heavy atom. The van der Waals surface area contributed by atoms with Gasteiger partial charge in [0.05, 0.1) is 5.39 Å². The van der Waals surface area contributed by atoms with Crippen molar-refractivity contribution < 1.29 is 8.78 Å². The summed E-state index contributed by atoms with van der Waals surface area (Å²) in [5, 5.41) is 0.328. The number of pyridine rings is 1. The second-order valence-corrected chi connectivity index (χ2v) is 2.63. The van der Waals surface area contributed by atoms with Gasteiger partial charge in [-0.3, -0.25) is 0 Å². The molecule has 0 aliphatic rings. The van der Waals surface area contributed by atoms with Crippen LogP contribution in [0.2, 0.25) is 0 Å². The van der Waals surface area contributed by atoms with Gasteiger partial charge in [-0.15, -0.1) is 0 Å². The number of halogens is 2. The van der Waals surface area contributed by atoms with Crippen LogP contribution in [0, 0.1) is 18.7 Å². The first-order chi connectivity index (χ1) is 6.68. The minimum Gasteiger partial charge on any atom is -0.343 e. The van der Waals surface area contributed by atoms with Gasteiger partial charge < -0.3 is 4.98 Å². The number of hydrogen-bond donors (Lipinski definition) is 1. The summed E-state index contributed by atoms with van der Waals surface area (Å²) in [6.07, 6.45) is 1.16. The third kappa shape index (κ3) is 1.73. The average molecular weight is 198 g/mol. The minimum atomic E-state index is -0.565. The van der Waals surface area contributed by atoms with E-state index in [9.17, 15) is 8.78 Å². The maximum Gasteiger partial charge on any atom is 0.217 e. The van der Waals surface area contributed by atoms with Crippen molar-refractivity contribution in [3.8, 4) is 0 Å². The number of aryl methyl sites for hydroxylation is 1. The number of aromatic nitrogens is 2. The smallest absolute Gasteiger partial charge is 0.217 e. The van der Waals surface area contributed by atoms with E-state index in [1.807, 2.05) is 13.8 Å². The van der Waals surface area contributed by atoms with Gasteiger partial charge in [0.2, 0.25) is 5.95 Å². The van der Waals surface area contributed by atoms with Crippen LogP contribution in [0.4, 0.5) is 8.78 Å². The van der Waals surface area contributed by atoms with Crippen LogP contribution in [0.3, 0.4) is 0 Å². The Bertz CT molecular complexity index is 435. The molecule has 4 heteroatoms. The van der Waals surface area contributed by atoms with Crippen molar-refractivity contribution in [1.82, 2.24) is 9.97 Å². The number of aromatic amines is 1. The molecule has 2 heterocycles. The van der Waals surface area contributed by atoms with Crippen LogP contribution in [0.5, 0.6) is 0 Å². The third-order valence-electron chi connectivity index (χ3n) is 1.74. The van der Waals surface area contributed by atoms with Gasteiger partial charge in [0, 0.05) is 11.8 Å². The lowest BCUT2D eigenvalue weighted by Gasteiger charge is -1.94. The standard InChI is InChI=1S/C8H6F2N2.C2H6/c1-4-2-5-6(9)3-11-8(5)12-7(4)10;1-2/h2-3H,1H3,(H,11,12);1-2H3. The van der Waals surface area contributed by atoms with Crippen LogP contribution in [-0.2, 0) is 0 Å². The number of hydrogen-bond acceptors (Lipinski definition) is 1. The highest BCUT2D eigenvalue weighted by molar-refractivity contribution is 5.76. The lowest BCUT2D eigenvalue weighted by molar-refractivity contribution is 0.578. The van der Waals surface area contributed by atoms with E-state index >= 15 is 0 Å². The Morgan fingerprint density at radius 3 is 2.57 bits per heavy atom. The summed E-state index contributed by atoms with van der Waals surface area (Å²) in [7, 11) is 0. The van der Waals surface area contributed by atoms with Crippen LogP contribution in [0.15, 0.2) is 12.3 Å². The summed E-state index contributed by atoms with van der Waals surface area (Å²) in [4.78, 5) is 6.06. The van der Waals surface area contributed by atoms with E-state index in [2.05, 4.69) is 9.97 Å². The maximum atomic E-state index is 12.9. The van der Waals surface area contributed by atoms with E-state index in [0.717, 1.165) is 6.20 Å². The third-order valence-corrected chi connectivity index (χ3v) is 1.74. The van der Waals surface area contributed by atoms with E-state index < -0.39 is 11.8 Å². The van der Waals surface area contributed by atoms with Crippen LogP contribution < -0.4 is 0 Å². The molecule has 0 fully saturated rings. The highest BCUT2D eigenvalue weighted by Crippen LogP contribution is 2.17. The van der Waals surface area contributed by atoms with E-state index in [1.165, 1.54) is 6.07 Å². The molecule has 0 saturated carbocycles. The molecule has 2 nitrogen and oxygen atoms in total. The fourth-order valence-electron chi connectivity index (χ4n) is 1.09. The first kappa shape index (κ1) is 10.6. The molecule has 0 amide bonds. The zero-order valence-electron chi connectivity index (χ0n) is 8.36. The van der Waals surface area contributed by atoms with E-state index in [0.29, 0.717) is 10.9 Å². The van der Waals surface area contributed by atoms with Crippen molar-refractivity contribution in [2.75, 3.05) is 0 Å². The summed E-state index contributed by atoms with van der Waals surface area (Å²) in [5.74, 6) is -0.968. The maximum absolute atomic E-state index is 12.9. The quantitative estimate of drug-likeness (QED) is 0.647. The highest BCUT2D eigenvalue weighted by atomic mass is 19.1. The molecule has 0 bridgehead atoms. The van der Waals surface area contributed by atoms with Gasteiger partial charge in [0.25, 0.3) is 0 Å². The lowest BCUT2D eigenvalue weighted by atomic mass is 10.2. The van der Waals surface area contributed by atoms with Gasteiger partial charge in [0.15, 0.2) is 0 Å². The molecule has 0 unspecified atom stereocenters. The average Bonchev–Trinajstić information content (AvgIpc) is 2.53. The summed E-state index contributed by atoms with van der Waals surface area (Å²) in [6, 6.07) is 1.43. The Balaban J connectivity index is 0.000000461. The Kier molecular flexibility index (Phi) is 3.17. The van der Waals surface area contributed by atoms with E-state index in [-0.39, 0.29) is 5.65 Å². The Labute approximate surface area is 81.0 Å². The SMILES string of the molecule is CC.Cc1cc2c(F)c[nH]c2nc1F. The number of nitrogens with one attached hydrogen (secondary N) is 1. The van der Waals surface area contributed by atoms with Crippen molar-refractivity contribution >= 4 is 11.0 Å². The molecule has 1 N–H and O–H groups in total. The molecule has 0 aliphatic heterocycles. The highest BCUT2D eigenvalue weighted by Gasteiger charge is 2.07. The topological polar surface area (TPSA) is 28.7 Å². The molecule has 0 atom stereocenters. The molecule has 0 spiro atoms. The largest absolute Gasteiger partial charge is 0.343 e. The van der Waals surface area contributed by atoms with E-state index in [1.54, 1.807) is 6.92 Å². The molecule has 0 aromatic carbocycles. The van der Waals surface area contributed by atoms with Crippen molar-refractivity contribution in [2.45, 2.75) is 20.8 Å². The lowest BCUT2D eigenvalue weighted by Crippen LogP contribution is -1.88. The summed E-state index contributed by atoms with van der Waals surface area (Å²) < 4.78 is 25.7. The van der Waals surface area contributed by atoms with Crippen molar-refractivity contribution in [3.63, 3.8) is 0 Å². The molecule has 0 radical (unpaired) electrons. The van der Waals surface area contributed by atoms with Crippen LogP contribution in [-0.4, -0.2) is 9.97 Å². The molecular formula is C10H12F2N2. The van der Waals surface area contributed by atoms with Crippen molar-refractivity contribution in [2.24, 2.45) is 0 Å². The molecule has 14 heavy (non-hydrogen) atoms. The second kappa shape index (κ2) is 4.17. The molecule has 2 rings (SSSR count). The van der Waals surface area contributed by atoms with Crippen molar-refractivity contribution in [1.29, 1.82) is 0 Å². The molecule has 2 aromatic rings. The zero-order valence-corrected chi connectivity index (χ0v) is 8.36. The van der Waals surface area contributed by atoms with Gasteiger partial charge in [-0.05, 0) is 13.0 Å². The minimum absolute atomic E-state index is 0.246. The first-order valence-electron chi connectivity index (χ1n) is 4.48. The Hall–Kier alpha value is -1.45. The van der Waals surface area contributed by atoms with Gasteiger partial charge in [-0.25, -0.2) is 9.37 Å². The number of fused-ring (bicyclic) bond motifs is 1. The summed E-state index contributed by atoms with van der Waals surface area (Å²) >= 11 is 0. The Morgan fingerprint density at radius 1 is 1.29 bits per heavy atom. The molecule has 0 aliphatic carbocycles. The van der Waals surface area contributed by atoms with Gasteiger partial charge in [0.1, 0.15) is 11.5 Å². The second-order valence-electron chi connectivity index (χ2n) is 2.63. The van der Waals surface area contributed by atoms with Crippen LogP contribution in [0.1, 0.15) is 19.4 Å². The molecule has 76 valence electrons. The predicted molar refractivity (Wildman–Crippen MR) is 52.1 cm³/mol. The molecule has 2 aromatic heterocycles. The summed E-state index contributed by atoms with van der Waals surface area (Å²) in [6.45, 7) is 5.55. The van der Waals surface area contributed by atoms with Crippen LogP contribution in [0.25, 0.3) is 11.0 Å². The first-order valence-corrected chi connectivity index (χ1v) is 4.48. The number of rotatable bonds is 0. The monoisotopic (exact) mass is 198 g/mol. The van der Waals surface area contributed by atoms with E-state index in [4.69, 9.17) is 0 Å². The zero-order chi connectivity index (χ0) is 10.7. The number of H-pyrrole nitrogens is 1. The van der Waals surface area contributed by atoms with Crippen LogP contribution >= 0.6 is 0 Å². The van der Waals surface area contributed by atoms with Gasteiger partial charge in [-0.1, -0.05) is 13.8 Å². The summed E-state index contributed by atoms with van der Waals surface area (Å²) in [5.41, 5.74) is 0.594. The predicted octanol–water partition coefficient (Wildman–Crippen LogP) is 3.18. The molecule has 0 saturated heterocycles. The van der Waals surface area contributed by atoms with Gasteiger partial charge in [-0.2, -0.15) is 4.39 Å². The fourth-order valence-corrected chi connectivity index (χ4v) is 1.09. The molecular weight excluding hydrogens is 186 g/mol. The normalized spacial score (nSPS) is 9.79. The van der Waals surface area contributed by atoms with Crippen molar-refractivity contribution in [3.05, 3.63) is 29.6 Å². The van der Waals surface area contributed by atoms with Gasteiger partial charge >= 0.3 is 0 Å².